The molecule has 0 aliphatic heterocycles. The lowest BCUT2D eigenvalue weighted by molar-refractivity contribution is -0.148. The third kappa shape index (κ3) is 4.66. The van der Waals surface area contributed by atoms with Gasteiger partial charge in [-0.15, -0.1) is 0 Å². The SMILES string of the molecule is CCOC(=O)[C@H](C)CO[Si](C)(C)C(C)(C)C. The fourth-order valence-corrected chi connectivity index (χ4v) is 2.00. The average molecular weight is 246 g/mol. The number of esters is 1. The van der Waals surface area contributed by atoms with Crippen molar-refractivity contribution in [1.29, 1.82) is 0 Å². The lowest BCUT2D eigenvalue weighted by atomic mass is 10.2. The third-order valence-corrected chi connectivity index (χ3v) is 7.69. The normalized spacial score (nSPS) is 14.7. The molecule has 0 bridgehead atoms. The number of hydrogen-bond acceptors (Lipinski definition) is 3. The zero-order valence-corrected chi connectivity index (χ0v) is 12.7. The first-order chi connectivity index (χ1) is 7.12. The second kappa shape index (κ2) is 5.82. The molecule has 4 heteroatoms. The van der Waals surface area contributed by atoms with E-state index in [0.717, 1.165) is 0 Å². The molecule has 0 aliphatic rings. The summed E-state index contributed by atoms with van der Waals surface area (Å²) in [6.07, 6.45) is 0. The quantitative estimate of drug-likeness (QED) is 0.552. The summed E-state index contributed by atoms with van der Waals surface area (Å²) in [7, 11) is -1.74. The summed E-state index contributed by atoms with van der Waals surface area (Å²) in [6.45, 7) is 15.5. The van der Waals surface area contributed by atoms with Crippen molar-refractivity contribution in [2.75, 3.05) is 13.2 Å². The van der Waals surface area contributed by atoms with E-state index in [1.54, 1.807) is 0 Å². The van der Waals surface area contributed by atoms with Crippen molar-refractivity contribution in [3.8, 4) is 0 Å². The number of rotatable bonds is 5. The van der Waals surface area contributed by atoms with Crippen molar-refractivity contribution in [3.63, 3.8) is 0 Å². The van der Waals surface area contributed by atoms with Gasteiger partial charge in [0.15, 0.2) is 8.32 Å². The van der Waals surface area contributed by atoms with Crippen molar-refractivity contribution >= 4 is 14.3 Å². The largest absolute Gasteiger partial charge is 0.466 e. The van der Waals surface area contributed by atoms with Crippen LogP contribution in [0.4, 0.5) is 0 Å². The Labute approximate surface area is 101 Å². The maximum Gasteiger partial charge on any atom is 0.310 e. The van der Waals surface area contributed by atoms with Gasteiger partial charge in [0.05, 0.1) is 12.5 Å². The molecule has 0 radical (unpaired) electrons. The van der Waals surface area contributed by atoms with E-state index in [1.807, 2.05) is 13.8 Å². The lowest BCUT2D eigenvalue weighted by Gasteiger charge is -2.36. The summed E-state index contributed by atoms with van der Waals surface area (Å²) in [5.74, 6) is -0.338. The maximum absolute atomic E-state index is 11.4. The Morgan fingerprint density at radius 1 is 1.31 bits per heavy atom. The topological polar surface area (TPSA) is 35.5 Å². The van der Waals surface area contributed by atoms with Crippen LogP contribution in [0.1, 0.15) is 34.6 Å². The number of carbonyl (C=O) groups excluding carboxylic acids is 1. The van der Waals surface area contributed by atoms with E-state index in [4.69, 9.17) is 9.16 Å². The maximum atomic E-state index is 11.4. The fourth-order valence-electron chi connectivity index (χ4n) is 0.902. The molecule has 0 fully saturated rings. The van der Waals surface area contributed by atoms with Crippen LogP contribution < -0.4 is 0 Å². The summed E-state index contributed by atoms with van der Waals surface area (Å²) in [4.78, 5) is 11.4. The first-order valence-corrected chi connectivity index (χ1v) is 8.83. The Morgan fingerprint density at radius 2 is 1.81 bits per heavy atom. The van der Waals surface area contributed by atoms with Crippen LogP contribution in [-0.4, -0.2) is 27.5 Å². The van der Waals surface area contributed by atoms with E-state index in [1.165, 1.54) is 0 Å². The minimum Gasteiger partial charge on any atom is -0.466 e. The van der Waals surface area contributed by atoms with Gasteiger partial charge in [-0.05, 0) is 32.0 Å². The highest BCUT2D eigenvalue weighted by molar-refractivity contribution is 6.74. The first kappa shape index (κ1) is 15.6. The molecule has 0 unspecified atom stereocenters. The Kier molecular flexibility index (Phi) is 5.69. The Hall–Kier alpha value is -0.353. The molecule has 0 saturated carbocycles. The van der Waals surface area contributed by atoms with E-state index in [-0.39, 0.29) is 16.9 Å². The van der Waals surface area contributed by atoms with Gasteiger partial charge in [0, 0.05) is 6.61 Å². The van der Waals surface area contributed by atoms with Gasteiger partial charge in [0.2, 0.25) is 0 Å². The zero-order chi connectivity index (χ0) is 13.0. The van der Waals surface area contributed by atoms with E-state index in [2.05, 4.69) is 33.9 Å². The van der Waals surface area contributed by atoms with E-state index >= 15 is 0 Å². The smallest absolute Gasteiger partial charge is 0.310 e. The van der Waals surface area contributed by atoms with Crippen LogP contribution >= 0.6 is 0 Å². The molecular formula is C12H26O3Si. The second-order valence-corrected chi connectivity index (χ2v) is 10.5. The molecule has 0 rings (SSSR count). The standard InChI is InChI=1S/C12H26O3Si/c1-8-14-11(13)10(2)9-15-16(6,7)12(3,4)5/h10H,8-9H2,1-7H3/t10-/m1/s1. The summed E-state index contributed by atoms with van der Waals surface area (Å²) in [5, 5.41) is 0.182. The Bertz CT molecular complexity index is 231. The fraction of sp³-hybridized carbons (Fsp3) is 0.917. The number of ether oxygens (including phenoxy) is 1. The van der Waals surface area contributed by atoms with Crippen molar-refractivity contribution in [2.45, 2.75) is 52.8 Å². The molecule has 0 aromatic rings. The van der Waals surface area contributed by atoms with Crippen LogP contribution in [0.15, 0.2) is 0 Å². The molecule has 0 aromatic heterocycles. The van der Waals surface area contributed by atoms with Gasteiger partial charge < -0.3 is 9.16 Å². The van der Waals surface area contributed by atoms with Gasteiger partial charge in [0.1, 0.15) is 0 Å². The predicted molar refractivity (Wildman–Crippen MR) is 68.9 cm³/mol. The molecule has 0 amide bonds. The van der Waals surface area contributed by atoms with E-state index < -0.39 is 8.32 Å². The minimum absolute atomic E-state index is 0.166. The average Bonchev–Trinajstić information content (AvgIpc) is 2.12. The monoisotopic (exact) mass is 246 g/mol. The zero-order valence-electron chi connectivity index (χ0n) is 11.7. The molecule has 1 atom stereocenters. The highest BCUT2D eigenvalue weighted by atomic mass is 28.4. The summed E-state index contributed by atoms with van der Waals surface area (Å²) < 4.78 is 10.9. The van der Waals surface area contributed by atoms with Gasteiger partial charge >= 0.3 is 5.97 Å². The molecular weight excluding hydrogens is 220 g/mol. The summed E-state index contributed by atoms with van der Waals surface area (Å²) >= 11 is 0. The van der Waals surface area contributed by atoms with Crippen LogP contribution in [0.5, 0.6) is 0 Å². The van der Waals surface area contributed by atoms with Crippen molar-refractivity contribution in [2.24, 2.45) is 5.92 Å². The molecule has 0 aromatic carbocycles. The Balaban J connectivity index is 4.20. The third-order valence-electron chi connectivity index (χ3n) is 3.19. The molecule has 96 valence electrons. The van der Waals surface area contributed by atoms with E-state index in [0.29, 0.717) is 13.2 Å². The van der Waals surface area contributed by atoms with Crippen molar-refractivity contribution in [3.05, 3.63) is 0 Å². The highest BCUT2D eigenvalue weighted by Crippen LogP contribution is 2.36. The van der Waals surface area contributed by atoms with E-state index in [9.17, 15) is 4.79 Å². The van der Waals surface area contributed by atoms with Gasteiger partial charge in [-0.1, -0.05) is 20.8 Å². The molecule has 0 spiro atoms. The molecule has 0 saturated heterocycles. The van der Waals surface area contributed by atoms with Crippen molar-refractivity contribution in [1.82, 2.24) is 0 Å². The molecule has 0 N–H and O–H groups in total. The van der Waals surface area contributed by atoms with Gasteiger partial charge in [-0.25, -0.2) is 0 Å². The Morgan fingerprint density at radius 3 is 2.19 bits per heavy atom. The molecule has 16 heavy (non-hydrogen) atoms. The van der Waals surface area contributed by atoms with Crippen LogP contribution in [0.25, 0.3) is 0 Å². The molecule has 0 aliphatic carbocycles. The number of carbonyl (C=O) groups is 1. The van der Waals surface area contributed by atoms with Gasteiger partial charge in [-0.3, -0.25) is 4.79 Å². The van der Waals surface area contributed by atoms with Crippen LogP contribution in [-0.2, 0) is 14.0 Å². The highest BCUT2D eigenvalue weighted by Gasteiger charge is 2.37. The van der Waals surface area contributed by atoms with Crippen molar-refractivity contribution < 1.29 is 14.0 Å². The second-order valence-electron chi connectivity index (χ2n) is 5.72. The molecule has 3 nitrogen and oxygen atoms in total. The lowest BCUT2D eigenvalue weighted by Crippen LogP contribution is -2.42. The first-order valence-electron chi connectivity index (χ1n) is 5.92. The summed E-state index contributed by atoms with van der Waals surface area (Å²) in [5.41, 5.74) is 0. The molecule has 0 heterocycles. The summed E-state index contributed by atoms with van der Waals surface area (Å²) in [6, 6.07) is 0. The van der Waals surface area contributed by atoms with Gasteiger partial charge in [0.25, 0.3) is 0 Å². The predicted octanol–water partition coefficient (Wildman–Crippen LogP) is 3.21. The van der Waals surface area contributed by atoms with Crippen LogP contribution in [0.2, 0.25) is 18.1 Å². The number of hydrogen-bond donors (Lipinski definition) is 0. The van der Waals surface area contributed by atoms with Crippen LogP contribution in [0.3, 0.4) is 0 Å². The minimum atomic E-state index is -1.74. The van der Waals surface area contributed by atoms with Crippen LogP contribution in [0, 0.1) is 5.92 Å². The van der Waals surface area contributed by atoms with Gasteiger partial charge in [-0.2, -0.15) is 0 Å².